The molecule has 0 aromatic heterocycles. The van der Waals surface area contributed by atoms with Gasteiger partial charge in [-0.05, 0) is 77.7 Å². The van der Waals surface area contributed by atoms with Gasteiger partial charge in [-0.15, -0.1) is 0 Å². The number of aliphatic carboxylic acids is 6. The van der Waals surface area contributed by atoms with E-state index in [9.17, 15) is 118 Å². The first-order valence-corrected chi connectivity index (χ1v) is 32.8. The zero-order chi connectivity index (χ0) is 73.4. The van der Waals surface area contributed by atoms with Gasteiger partial charge in [0.2, 0.25) is 59.1 Å². The molecule has 36 nitrogen and oxygen atoms in total. The van der Waals surface area contributed by atoms with Crippen LogP contribution in [0.4, 0.5) is 0 Å². The normalized spacial score (nSPS) is 14.1. The molecule has 0 aromatic rings. The summed E-state index contributed by atoms with van der Waals surface area (Å²) in [7, 11) is 0. The number of carboxylic acids is 6. The van der Waals surface area contributed by atoms with E-state index >= 15 is 0 Å². The first-order valence-electron chi connectivity index (χ1n) is 32.8. The largest absolute Gasteiger partial charge is 0.481 e. The monoisotopic (exact) mass is 1390 g/mol. The molecule has 0 aliphatic carbocycles. The summed E-state index contributed by atoms with van der Waals surface area (Å²) >= 11 is 0. The lowest BCUT2D eigenvalue weighted by Gasteiger charge is -2.25. The molecule has 0 saturated carbocycles. The van der Waals surface area contributed by atoms with Crippen LogP contribution in [0.5, 0.6) is 0 Å². The number of likely N-dealkylation sites (N-methyl/N-ethyl adjacent to an activating group) is 1. The van der Waals surface area contributed by atoms with Crippen LogP contribution in [0.1, 0.15) is 200 Å². The highest BCUT2D eigenvalue weighted by atomic mass is 16.4. The Bertz CT molecular complexity index is 2560. The Kier molecular flexibility index (Phi) is 47.0. The number of carbonyl (C=O) groups excluding carboxylic acids is 10. The molecular formula is C61H103N11O25. The van der Waals surface area contributed by atoms with E-state index in [1.807, 2.05) is 10.6 Å². The predicted octanol–water partition coefficient (Wildman–Crippen LogP) is -2.37. The van der Waals surface area contributed by atoms with Gasteiger partial charge >= 0.3 is 35.8 Å². The van der Waals surface area contributed by atoms with Crippen LogP contribution in [0.25, 0.3) is 0 Å². The summed E-state index contributed by atoms with van der Waals surface area (Å²) < 4.78 is 0. The van der Waals surface area contributed by atoms with Crippen molar-refractivity contribution in [2.75, 3.05) is 26.3 Å². The number of aliphatic hydroxyl groups excluding tert-OH is 3. The van der Waals surface area contributed by atoms with Gasteiger partial charge in [-0.3, -0.25) is 57.5 Å². The number of hydrogen-bond acceptors (Lipinski definition) is 20. The minimum absolute atomic E-state index is 0.0419. The minimum Gasteiger partial charge on any atom is -0.481 e. The number of unbranched alkanes of at least 4 members (excludes halogenated alkanes) is 14. The van der Waals surface area contributed by atoms with Crippen LogP contribution < -0.4 is 58.9 Å². The number of carbonyl (C=O) groups is 16. The van der Waals surface area contributed by atoms with Crippen molar-refractivity contribution in [1.82, 2.24) is 53.2 Å². The number of hydrogen-bond donors (Lipinski definition) is 20. The van der Waals surface area contributed by atoms with E-state index in [1.165, 1.54) is 6.92 Å². The summed E-state index contributed by atoms with van der Waals surface area (Å²) in [5, 5.41) is 110. The van der Waals surface area contributed by atoms with Gasteiger partial charge in [0.1, 0.15) is 48.3 Å². The Hall–Kier alpha value is -8.64. The third-order valence-corrected chi connectivity index (χ3v) is 15.2. The zero-order valence-electron chi connectivity index (χ0n) is 55.2. The molecule has 0 radical (unpaired) electrons. The van der Waals surface area contributed by atoms with Crippen molar-refractivity contribution in [3.8, 4) is 0 Å². The van der Waals surface area contributed by atoms with Crippen molar-refractivity contribution in [2.45, 2.75) is 261 Å². The molecule has 0 aliphatic rings. The van der Waals surface area contributed by atoms with Gasteiger partial charge in [-0.25, -0.2) is 19.2 Å². The third kappa shape index (κ3) is 42.5. The molecule has 0 rings (SSSR count). The van der Waals surface area contributed by atoms with Crippen molar-refractivity contribution in [2.24, 2.45) is 5.73 Å². The number of amides is 10. The fourth-order valence-corrected chi connectivity index (χ4v) is 9.67. The Morgan fingerprint density at radius 3 is 1.01 bits per heavy atom. The molecule has 21 N–H and O–H groups in total. The first kappa shape index (κ1) is 88.4. The summed E-state index contributed by atoms with van der Waals surface area (Å²) in [5.41, 5.74) is 5.25. The van der Waals surface area contributed by atoms with Crippen molar-refractivity contribution in [1.29, 1.82) is 0 Å². The molecule has 0 saturated heterocycles. The predicted molar refractivity (Wildman–Crippen MR) is 341 cm³/mol. The molecule has 97 heavy (non-hydrogen) atoms. The fourth-order valence-electron chi connectivity index (χ4n) is 9.67. The maximum atomic E-state index is 13.4. The van der Waals surface area contributed by atoms with Crippen LogP contribution >= 0.6 is 0 Å². The van der Waals surface area contributed by atoms with E-state index in [0.29, 0.717) is 32.2 Å². The maximum Gasteiger partial charge on any atom is 0.326 e. The number of aliphatic hydroxyl groups is 3. The quantitative estimate of drug-likeness (QED) is 0.0283. The fraction of sp³-hybridized carbons (Fsp3) is 0.738. The number of nitrogens with one attached hydrogen (secondary N) is 10. The van der Waals surface area contributed by atoms with Crippen LogP contribution in [-0.2, 0) is 76.7 Å². The number of carboxylic acid groups (broad SMARTS) is 6. The van der Waals surface area contributed by atoms with E-state index in [-0.39, 0.29) is 25.8 Å². The molecule has 0 heterocycles. The molecule has 10 amide bonds. The topological polar surface area (TPSA) is 602 Å². The number of nitrogens with two attached hydrogens (primary N) is 1. The second-order valence-electron chi connectivity index (χ2n) is 23.4. The second-order valence-corrected chi connectivity index (χ2v) is 23.4. The summed E-state index contributed by atoms with van der Waals surface area (Å²) in [6.45, 7) is 1.12. The minimum atomic E-state index is -2.01. The summed E-state index contributed by atoms with van der Waals surface area (Å²) in [4.78, 5) is 198. The molecule has 10 unspecified atom stereocenters. The zero-order valence-corrected chi connectivity index (χ0v) is 55.2. The standard InChI is InChI=1S/C61H103N11O25/c1-3-63-37(54(86)72-52(36(2)75)53(62)85)20-18-19-33-64-45(76)28-23-39(58(90)91)66-48(79)31-26-42(61(96)97)70-57(89)44(35-74)71-55(87)38(27-32-51(83)84)69-56(88)43(34-73)68-49(80)30-25-41(60(94)95)67-47(78)29-24-40(59(92)93)65-46(77)21-16-14-12-10-8-6-4-5-7-9-11-13-15-17-22-50(81)82/h36-44,52,63,73-75H,3-35H2,1-2H3,(H2,62,85)(H,64,76)(H,65,77)(H,66,79)(H,67,78)(H,68,80)(H,69,88)(H,70,89)(H,71,87)(H,72,86)(H,81,82)(H,83,84)(H,90,91)(H,92,93)(H,94,95)(H,96,97). The van der Waals surface area contributed by atoms with Crippen LogP contribution in [0.15, 0.2) is 0 Å². The molecule has 552 valence electrons. The van der Waals surface area contributed by atoms with Crippen LogP contribution in [0.2, 0.25) is 0 Å². The maximum absolute atomic E-state index is 13.4. The Balaban J connectivity index is 5.26. The molecule has 0 aliphatic heterocycles. The SMILES string of the molecule is CCNC(CCCCNC(=O)CCC(NC(=O)CCC(NC(=O)C(CO)NC(=O)C(CCC(=O)O)NC(=O)C(CO)NC(=O)CCC(NC(=O)CCC(NC(=O)CCCCCCCCCCCCCCCCC(=O)O)C(=O)O)C(=O)O)C(=O)O)C(=O)O)C(=O)NC(C(N)=O)C(C)O. The highest BCUT2D eigenvalue weighted by molar-refractivity contribution is 5.96. The lowest BCUT2D eigenvalue weighted by molar-refractivity contribution is -0.144. The smallest absolute Gasteiger partial charge is 0.326 e. The number of primary amides is 1. The van der Waals surface area contributed by atoms with Crippen LogP contribution in [0, 0.1) is 0 Å². The van der Waals surface area contributed by atoms with Gasteiger partial charge in [0.05, 0.1) is 25.4 Å². The molecule has 0 bridgehead atoms. The third-order valence-electron chi connectivity index (χ3n) is 15.2. The van der Waals surface area contributed by atoms with Crippen molar-refractivity contribution in [3.63, 3.8) is 0 Å². The average molecular weight is 1390 g/mol. The lowest BCUT2D eigenvalue weighted by atomic mass is 10.0. The number of rotatable bonds is 59. The first-order chi connectivity index (χ1) is 45.9. The van der Waals surface area contributed by atoms with Crippen LogP contribution in [0.3, 0.4) is 0 Å². The summed E-state index contributed by atoms with van der Waals surface area (Å²) in [6, 6.07) is -14.7. The van der Waals surface area contributed by atoms with E-state index in [1.54, 1.807) is 6.92 Å². The van der Waals surface area contributed by atoms with Gasteiger partial charge in [-0.1, -0.05) is 84.0 Å². The van der Waals surface area contributed by atoms with Crippen LogP contribution in [-0.4, -0.2) is 228 Å². The molecule has 0 aromatic carbocycles. The van der Waals surface area contributed by atoms with Crippen molar-refractivity contribution < 1.29 is 123 Å². The Morgan fingerprint density at radius 1 is 0.330 bits per heavy atom. The Labute approximate surface area is 561 Å². The second kappa shape index (κ2) is 51.6. The van der Waals surface area contributed by atoms with Gasteiger partial charge in [0.15, 0.2) is 0 Å². The lowest BCUT2D eigenvalue weighted by Crippen LogP contribution is -2.59. The average Bonchev–Trinajstić information content (AvgIpc) is 1.05. The molecule has 10 atom stereocenters. The van der Waals surface area contributed by atoms with E-state index < -0.39 is 233 Å². The van der Waals surface area contributed by atoms with Crippen molar-refractivity contribution in [3.05, 3.63) is 0 Å². The highest BCUT2D eigenvalue weighted by Gasteiger charge is 2.34. The highest BCUT2D eigenvalue weighted by Crippen LogP contribution is 2.15. The molecular weight excluding hydrogens is 1290 g/mol. The van der Waals surface area contributed by atoms with Gasteiger partial charge < -0.3 is 105 Å². The molecule has 0 spiro atoms. The van der Waals surface area contributed by atoms with Gasteiger partial charge in [0.25, 0.3) is 0 Å². The van der Waals surface area contributed by atoms with Crippen molar-refractivity contribution >= 4 is 94.9 Å². The summed E-state index contributed by atoms with van der Waals surface area (Å²) in [5.74, 6) is -18.4. The van der Waals surface area contributed by atoms with Gasteiger partial charge in [0, 0.05) is 51.5 Å². The van der Waals surface area contributed by atoms with E-state index in [2.05, 4.69) is 42.5 Å². The Morgan fingerprint density at radius 2 is 0.639 bits per heavy atom. The van der Waals surface area contributed by atoms with E-state index in [0.717, 1.165) is 77.0 Å². The van der Waals surface area contributed by atoms with E-state index in [4.69, 9.17) is 10.8 Å². The molecule has 0 fully saturated rings. The summed E-state index contributed by atoms with van der Waals surface area (Å²) in [6.07, 6.45) is 7.51. The molecule has 36 heteroatoms. The van der Waals surface area contributed by atoms with Gasteiger partial charge in [-0.2, -0.15) is 0 Å².